The van der Waals surface area contributed by atoms with Gasteiger partial charge in [0.15, 0.2) is 0 Å². The summed E-state index contributed by atoms with van der Waals surface area (Å²) in [6, 6.07) is 3.79. The Labute approximate surface area is 118 Å². The second-order valence-electron chi connectivity index (χ2n) is 4.06. The van der Waals surface area contributed by atoms with E-state index in [1.807, 2.05) is 12.1 Å². The molecule has 1 fully saturated rings. The largest absolute Gasteiger partial charge is 0.378 e. The SMILES string of the molecule is Clc1c(Br)ccc2ncc(N3CCOCC3)nc12. The van der Waals surface area contributed by atoms with Crippen LogP contribution in [0.1, 0.15) is 0 Å². The summed E-state index contributed by atoms with van der Waals surface area (Å²) < 4.78 is 6.17. The van der Waals surface area contributed by atoms with Crippen molar-refractivity contribution in [2.24, 2.45) is 0 Å². The molecule has 18 heavy (non-hydrogen) atoms. The van der Waals surface area contributed by atoms with Gasteiger partial charge in [0.1, 0.15) is 11.3 Å². The van der Waals surface area contributed by atoms with Gasteiger partial charge < -0.3 is 9.64 Å². The van der Waals surface area contributed by atoms with Crippen molar-refractivity contribution < 1.29 is 4.74 Å². The molecule has 2 aromatic rings. The Morgan fingerprint density at radius 2 is 2.06 bits per heavy atom. The Kier molecular flexibility index (Phi) is 3.37. The lowest BCUT2D eigenvalue weighted by molar-refractivity contribution is 0.122. The third-order valence-electron chi connectivity index (χ3n) is 2.93. The molecule has 0 unspecified atom stereocenters. The van der Waals surface area contributed by atoms with Crippen molar-refractivity contribution in [1.82, 2.24) is 9.97 Å². The molecule has 0 N–H and O–H groups in total. The fourth-order valence-corrected chi connectivity index (χ4v) is 2.48. The highest BCUT2D eigenvalue weighted by atomic mass is 79.9. The predicted octanol–water partition coefficient (Wildman–Crippen LogP) is 2.88. The molecule has 6 heteroatoms. The molecule has 0 bridgehead atoms. The van der Waals surface area contributed by atoms with Crippen molar-refractivity contribution in [3.8, 4) is 0 Å². The van der Waals surface area contributed by atoms with Crippen LogP contribution in [0.25, 0.3) is 11.0 Å². The fourth-order valence-electron chi connectivity index (χ4n) is 1.96. The predicted molar refractivity (Wildman–Crippen MR) is 75.3 cm³/mol. The molecular weight excluding hydrogens is 318 g/mol. The third-order valence-corrected chi connectivity index (χ3v) is 4.20. The summed E-state index contributed by atoms with van der Waals surface area (Å²) in [5, 5.41) is 0.607. The van der Waals surface area contributed by atoms with E-state index in [1.165, 1.54) is 0 Å². The molecule has 0 atom stereocenters. The molecule has 0 saturated carbocycles. The summed E-state index contributed by atoms with van der Waals surface area (Å²) in [5.74, 6) is 0.853. The molecule has 1 aromatic heterocycles. The Morgan fingerprint density at radius 1 is 1.28 bits per heavy atom. The maximum atomic E-state index is 6.24. The van der Waals surface area contributed by atoms with Crippen molar-refractivity contribution in [3.05, 3.63) is 27.8 Å². The van der Waals surface area contributed by atoms with Crippen LogP contribution < -0.4 is 4.90 Å². The number of ether oxygens (including phenoxy) is 1. The van der Waals surface area contributed by atoms with Crippen LogP contribution in [0.3, 0.4) is 0 Å². The van der Waals surface area contributed by atoms with Gasteiger partial charge in [-0.25, -0.2) is 4.98 Å². The van der Waals surface area contributed by atoms with Crippen LogP contribution in [0.15, 0.2) is 22.8 Å². The summed E-state index contributed by atoms with van der Waals surface area (Å²) >= 11 is 9.65. The van der Waals surface area contributed by atoms with E-state index in [0.29, 0.717) is 5.02 Å². The van der Waals surface area contributed by atoms with E-state index < -0.39 is 0 Å². The Balaban J connectivity index is 2.06. The van der Waals surface area contributed by atoms with Gasteiger partial charge in [-0.1, -0.05) is 11.6 Å². The second kappa shape index (κ2) is 4.99. The zero-order chi connectivity index (χ0) is 12.5. The molecule has 1 aliphatic rings. The highest BCUT2D eigenvalue weighted by molar-refractivity contribution is 9.10. The zero-order valence-corrected chi connectivity index (χ0v) is 11.9. The Morgan fingerprint density at radius 3 is 2.83 bits per heavy atom. The zero-order valence-electron chi connectivity index (χ0n) is 9.57. The Hall–Kier alpha value is -0.910. The summed E-state index contributed by atoms with van der Waals surface area (Å²) in [6.45, 7) is 3.13. The molecule has 1 aliphatic heterocycles. The van der Waals surface area contributed by atoms with Crippen molar-refractivity contribution in [2.45, 2.75) is 0 Å². The van der Waals surface area contributed by atoms with Crippen LogP contribution >= 0.6 is 27.5 Å². The van der Waals surface area contributed by atoms with Gasteiger partial charge in [-0.05, 0) is 28.1 Å². The first kappa shape index (κ1) is 12.1. The summed E-state index contributed by atoms with van der Waals surface area (Å²) in [7, 11) is 0. The number of hydrogen-bond acceptors (Lipinski definition) is 4. The van der Waals surface area contributed by atoms with Gasteiger partial charge >= 0.3 is 0 Å². The van der Waals surface area contributed by atoms with Crippen LogP contribution in [-0.4, -0.2) is 36.3 Å². The molecular formula is C12H11BrClN3O. The van der Waals surface area contributed by atoms with E-state index in [-0.39, 0.29) is 0 Å². The van der Waals surface area contributed by atoms with Crippen LogP contribution in [0.4, 0.5) is 5.82 Å². The monoisotopic (exact) mass is 327 g/mol. The minimum absolute atomic E-state index is 0.607. The number of fused-ring (bicyclic) bond motifs is 1. The minimum Gasteiger partial charge on any atom is -0.378 e. The molecule has 0 amide bonds. The van der Waals surface area contributed by atoms with E-state index >= 15 is 0 Å². The van der Waals surface area contributed by atoms with Crippen molar-refractivity contribution in [1.29, 1.82) is 0 Å². The van der Waals surface area contributed by atoms with Gasteiger partial charge in [0.25, 0.3) is 0 Å². The highest BCUT2D eigenvalue weighted by Gasteiger charge is 2.14. The maximum absolute atomic E-state index is 6.24. The summed E-state index contributed by atoms with van der Waals surface area (Å²) in [6.07, 6.45) is 1.79. The second-order valence-corrected chi connectivity index (χ2v) is 5.29. The average molecular weight is 329 g/mol. The third kappa shape index (κ3) is 2.18. The smallest absolute Gasteiger partial charge is 0.148 e. The molecule has 1 aromatic carbocycles. The number of anilines is 1. The molecule has 94 valence electrons. The number of rotatable bonds is 1. The van der Waals surface area contributed by atoms with E-state index in [2.05, 4.69) is 30.8 Å². The van der Waals surface area contributed by atoms with Crippen LogP contribution in [-0.2, 0) is 4.74 Å². The van der Waals surface area contributed by atoms with E-state index in [0.717, 1.165) is 47.6 Å². The molecule has 0 radical (unpaired) electrons. The lowest BCUT2D eigenvalue weighted by atomic mass is 10.3. The van der Waals surface area contributed by atoms with Crippen LogP contribution in [0.5, 0.6) is 0 Å². The summed E-state index contributed by atoms with van der Waals surface area (Å²) in [4.78, 5) is 11.2. The number of halogens is 2. The average Bonchev–Trinajstić information content (AvgIpc) is 2.44. The van der Waals surface area contributed by atoms with E-state index in [1.54, 1.807) is 6.20 Å². The normalized spacial score (nSPS) is 16.2. The fraction of sp³-hybridized carbons (Fsp3) is 0.333. The first-order chi connectivity index (χ1) is 8.75. The van der Waals surface area contributed by atoms with Gasteiger partial charge in [0.2, 0.25) is 0 Å². The van der Waals surface area contributed by atoms with Crippen molar-refractivity contribution >= 4 is 44.4 Å². The lowest BCUT2D eigenvalue weighted by Gasteiger charge is -2.27. The molecule has 1 saturated heterocycles. The molecule has 0 aliphatic carbocycles. The van der Waals surface area contributed by atoms with Crippen LogP contribution in [0, 0.1) is 0 Å². The molecule has 4 nitrogen and oxygen atoms in total. The van der Waals surface area contributed by atoms with E-state index in [9.17, 15) is 0 Å². The molecule has 3 rings (SSSR count). The van der Waals surface area contributed by atoms with Crippen molar-refractivity contribution in [2.75, 3.05) is 31.2 Å². The van der Waals surface area contributed by atoms with Crippen LogP contribution in [0.2, 0.25) is 5.02 Å². The lowest BCUT2D eigenvalue weighted by Crippen LogP contribution is -2.36. The number of morpholine rings is 1. The number of hydrogen-bond donors (Lipinski definition) is 0. The molecule has 0 spiro atoms. The Bertz CT molecular complexity index is 587. The number of aromatic nitrogens is 2. The minimum atomic E-state index is 0.607. The number of benzene rings is 1. The molecule has 2 heterocycles. The topological polar surface area (TPSA) is 38.2 Å². The van der Waals surface area contributed by atoms with Gasteiger partial charge in [-0.3, -0.25) is 4.98 Å². The van der Waals surface area contributed by atoms with Gasteiger partial charge in [0, 0.05) is 17.6 Å². The quantitative estimate of drug-likeness (QED) is 0.807. The first-order valence-electron chi connectivity index (χ1n) is 5.69. The maximum Gasteiger partial charge on any atom is 0.148 e. The van der Waals surface area contributed by atoms with Gasteiger partial charge in [-0.15, -0.1) is 0 Å². The van der Waals surface area contributed by atoms with Crippen molar-refractivity contribution in [3.63, 3.8) is 0 Å². The van der Waals surface area contributed by atoms with Gasteiger partial charge in [0.05, 0.1) is 29.9 Å². The van der Waals surface area contributed by atoms with Gasteiger partial charge in [-0.2, -0.15) is 0 Å². The standard InChI is InChI=1S/C12H11BrClN3O/c13-8-1-2-9-12(11(8)14)16-10(7-15-9)17-3-5-18-6-4-17/h1-2,7H,3-6H2. The van der Waals surface area contributed by atoms with E-state index in [4.69, 9.17) is 16.3 Å². The summed E-state index contributed by atoms with van der Waals surface area (Å²) in [5.41, 5.74) is 1.54. The number of nitrogens with zero attached hydrogens (tertiary/aromatic N) is 3. The highest BCUT2D eigenvalue weighted by Crippen LogP contribution is 2.30. The first-order valence-corrected chi connectivity index (χ1v) is 6.86.